The molecule has 3 heteroatoms. The lowest BCUT2D eigenvalue weighted by atomic mass is 9.80. The van der Waals surface area contributed by atoms with E-state index in [0.717, 1.165) is 27.6 Å². The molecule has 0 radical (unpaired) electrons. The summed E-state index contributed by atoms with van der Waals surface area (Å²) < 4.78 is 0. The molecular formula is C44H31N3. The minimum absolute atomic E-state index is 0.0637. The van der Waals surface area contributed by atoms with Crippen LogP contribution in [-0.4, -0.2) is 15.0 Å². The molecule has 0 unspecified atom stereocenters. The molecule has 0 saturated heterocycles. The molecule has 7 aromatic carbocycles. The van der Waals surface area contributed by atoms with Gasteiger partial charge in [0.2, 0.25) is 0 Å². The standard InChI is InChI=1S/C44H31N3/c1-44(2)39-15-9-8-14-36(39)37-25-24-30-19-22-34(27-38(30)40(37)44)29-16-20-32(21-17-29)42-45-41(31-11-4-3-5-12-31)46-43(47-42)35-23-18-28-10-6-7-13-33(28)26-35/h3-27H,1-2H3. The largest absolute Gasteiger partial charge is 0.208 e. The van der Waals surface area contributed by atoms with Gasteiger partial charge in [0.1, 0.15) is 0 Å². The van der Waals surface area contributed by atoms with E-state index in [0.29, 0.717) is 17.5 Å². The van der Waals surface area contributed by atoms with E-state index in [1.807, 2.05) is 30.3 Å². The number of rotatable bonds is 4. The summed E-state index contributed by atoms with van der Waals surface area (Å²) in [5.41, 5.74) is 10.7. The van der Waals surface area contributed by atoms with Crippen molar-refractivity contribution in [3.8, 4) is 56.4 Å². The summed E-state index contributed by atoms with van der Waals surface area (Å²) in [6.45, 7) is 4.70. The average molecular weight is 602 g/mol. The van der Waals surface area contributed by atoms with Crippen LogP contribution in [0.2, 0.25) is 0 Å². The molecule has 0 N–H and O–H groups in total. The van der Waals surface area contributed by atoms with E-state index in [4.69, 9.17) is 15.0 Å². The topological polar surface area (TPSA) is 38.7 Å². The Kier molecular flexibility index (Phi) is 6.16. The second-order valence-electron chi connectivity index (χ2n) is 12.9. The third kappa shape index (κ3) is 4.54. The summed E-state index contributed by atoms with van der Waals surface area (Å²) in [5.74, 6) is 1.98. The van der Waals surface area contributed by atoms with Crippen LogP contribution in [0.5, 0.6) is 0 Å². The molecule has 3 nitrogen and oxygen atoms in total. The molecule has 0 atom stereocenters. The highest BCUT2D eigenvalue weighted by molar-refractivity contribution is 5.99. The number of hydrogen-bond acceptors (Lipinski definition) is 3. The zero-order valence-electron chi connectivity index (χ0n) is 26.3. The lowest BCUT2D eigenvalue weighted by Gasteiger charge is -2.23. The van der Waals surface area contributed by atoms with Gasteiger partial charge in [-0.25, -0.2) is 15.0 Å². The van der Waals surface area contributed by atoms with Crippen molar-refractivity contribution in [3.63, 3.8) is 0 Å². The molecule has 0 spiro atoms. The Morgan fingerprint density at radius 2 is 0.936 bits per heavy atom. The minimum atomic E-state index is -0.0637. The van der Waals surface area contributed by atoms with Crippen molar-refractivity contribution in [3.05, 3.63) is 163 Å². The Morgan fingerprint density at radius 1 is 0.383 bits per heavy atom. The molecule has 0 fully saturated rings. The molecule has 1 aromatic heterocycles. The second-order valence-corrected chi connectivity index (χ2v) is 12.9. The highest BCUT2D eigenvalue weighted by atomic mass is 15.0. The predicted octanol–water partition coefficient (Wildman–Crippen LogP) is 11.2. The fourth-order valence-corrected chi connectivity index (χ4v) is 7.29. The maximum atomic E-state index is 5.00. The van der Waals surface area contributed by atoms with Gasteiger partial charge in [-0.15, -0.1) is 0 Å². The molecule has 8 aromatic rings. The number of aromatic nitrogens is 3. The van der Waals surface area contributed by atoms with Gasteiger partial charge in [-0.2, -0.15) is 0 Å². The summed E-state index contributed by atoms with van der Waals surface area (Å²) in [5, 5.41) is 4.93. The maximum absolute atomic E-state index is 5.00. The van der Waals surface area contributed by atoms with Crippen molar-refractivity contribution >= 4 is 21.5 Å². The molecule has 1 aliphatic carbocycles. The molecule has 9 rings (SSSR count). The first kappa shape index (κ1) is 27.4. The van der Waals surface area contributed by atoms with E-state index in [9.17, 15) is 0 Å². The molecule has 0 amide bonds. The van der Waals surface area contributed by atoms with Crippen LogP contribution in [0.25, 0.3) is 78.0 Å². The number of fused-ring (bicyclic) bond motifs is 6. The first-order valence-corrected chi connectivity index (χ1v) is 16.1. The first-order chi connectivity index (χ1) is 23.0. The zero-order chi connectivity index (χ0) is 31.5. The lowest BCUT2D eigenvalue weighted by Crippen LogP contribution is -2.15. The van der Waals surface area contributed by atoms with Gasteiger partial charge in [0.25, 0.3) is 0 Å². The second kappa shape index (κ2) is 10.6. The molecule has 222 valence electrons. The van der Waals surface area contributed by atoms with Gasteiger partial charge in [-0.3, -0.25) is 0 Å². The summed E-state index contributed by atoms with van der Waals surface area (Å²) in [7, 11) is 0. The minimum Gasteiger partial charge on any atom is -0.208 e. The van der Waals surface area contributed by atoms with Crippen molar-refractivity contribution < 1.29 is 0 Å². The van der Waals surface area contributed by atoms with Crippen LogP contribution in [0.3, 0.4) is 0 Å². The van der Waals surface area contributed by atoms with Crippen molar-refractivity contribution in [2.75, 3.05) is 0 Å². The van der Waals surface area contributed by atoms with Crippen LogP contribution in [0.4, 0.5) is 0 Å². The highest BCUT2D eigenvalue weighted by Crippen LogP contribution is 2.51. The van der Waals surface area contributed by atoms with Crippen LogP contribution in [0, 0.1) is 0 Å². The van der Waals surface area contributed by atoms with Gasteiger partial charge in [0, 0.05) is 22.1 Å². The molecule has 0 aliphatic heterocycles. The first-order valence-electron chi connectivity index (χ1n) is 16.1. The van der Waals surface area contributed by atoms with E-state index in [-0.39, 0.29) is 5.41 Å². The van der Waals surface area contributed by atoms with Gasteiger partial charge in [-0.1, -0.05) is 153 Å². The molecule has 0 saturated carbocycles. The van der Waals surface area contributed by atoms with Crippen molar-refractivity contribution in [1.29, 1.82) is 0 Å². The Bertz CT molecular complexity index is 2480. The Hall–Kier alpha value is -5.93. The van der Waals surface area contributed by atoms with Crippen molar-refractivity contribution in [1.82, 2.24) is 15.0 Å². The molecular weight excluding hydrogens is 571 g/mol. The van der Waals surface area contributed by atoms with Crippen LogP contribution < -0.4 is 0 Å². The lowest BCUT2D eigenvalue weighted by molar-refractivity contribution is 0.666. The van der Waals surface area contributed by atoms with Crippen molar-refractivity contribution in [2.24, 2.45) is 0 Å². The van der Waals surface area contributed by atoms with Gasteiger partial charge in [0.05, 0.1) is 0 Å². The van der Waals surface area contributed by atoms with E-state index in [1.54, 1.807) is 0 Å². The highest BCUT2D eigenvalue weighted by Gasteiger charge is 2.36. The van der Waals surface area contributed by atoms with Crippen molar-refractivity contribution in [2.45, 2.75) is 19.3 Å². The fourth-order valence-electron chi connectivity index (χ4n) is 7.29. The molecule has 47 heavy (non-hydrogen) atoms. The van der Waals surface area contributed by atoms with Crippen LogP contribution in [0.1, 0.15) is 25.0 Å². The molecule has 1 aliphatic rings. The smallest absolute Gasteiger partial charge is 0.164 e. The maximum Gasteiger partial charge on any atom is 0.164 e. The van der Waals surface area contributed by atoms with Gasteiger partial charge < -0.3 is 0 Å². The van der Waals surface area contributed by atoms with Gasteiger partial charge in [0.15, 0.2) is 17.5 Å². The van der Waals surface area contributed by atoms with E-state index in [2.05, 4.69) is 135 Å². The third-order valence-electron chi connectivity index (χ3n) is 9.69. The summed E-state index contributed by atoms with van der Waals surface area (Å²) in [6, 6.07) is 53.7. The third-order valence-corrected chi connectivity index (χ3v) is 9.69. The quantitative estimate of drug-likeness (QED) is 0.201. The average Bonchev–Trinajstić information content (AvgIpc) is 3.38. The Balaban J connectivity index is 1.13. The predicted molar refractivity (Wildman–Crippen MR) is 194 cm³/mol. The number of benzene rings is 7. The van der Waals surface area contributed by atoms with Crippen LogP contribution in [-0.2, 0) is 5.41 Å². The summed E-state index contributed by atoms with van der Waals surface area (Å²) >= 11 is 0. The Morgan fingerprint density at radius 3 is 1.72 bits per heavy atom. The van der Waals surface area contributed by atoms with E-state index >= 15 is 0 Å². The zero-order valence-corrected chi connectivity index (χ0v) is 26.3. The molecule has 1 heterocycles. The number of hydrogen-bond donors (Lipinski definition) is 0. The van der Waals surface area contributed by atoms with E-state index in [1.165, 1.54) is 44.0 Å². The molecule has 0 bridgehead atoms. The fraction of sp³-hybridized carbons (Fsp3) is 0.0682. The van der Waals surface area contributed by atoms with E-state index < -0.39 is 0 Å². The van der Waals surface area contributed by atoms with Crippen LogP contribution >= 0.6 is 0 Å². The van der Waals surface area contributed by atoms with Gasteiger partial charge >= 0.3 is 0 Å². The normalized spacial score (nSPS) is 13.1. The monoisotopic (exact) mass is 601 g/mol. The summed E-state index contributed by atoms with van der Waals surface area (Å²) in [4.78, 5) is 14.9. The van der Waals surface area contributed by atoms with Gasteiger partial charge in [-0.05, 0) is 67.1 Å². The van der Waals surface area contributed by atoms with Crippen LogP contribution in [0.15, 0.2) is 152 Å². The SMILES string of the molecule is CC1(C)c2ccccc2-c2ccc3ccc(-c4ccc(-c5nc(-c6ccccc6)nc(-c6ccc7ccccc7c6)n5)cc4)cc3c21. The summed E-state index contributed by atoms with van der Waals surface area (Å²) in [6.07, 6.45) is 0. The Labute approximate surface area is 274 Å². The number of nitrogens with zero attached hydrogens (tertiary/aromatic N) is 3.